The van der Waals surface area contributed by atoms with Gasteiger partial charge < -0.3 is 10.2 Å². The van der Waals surface area contributed by atoms with E-state index in [0.717, 1.165) is 5.00 Å². The van der Waals surface area contributed by atoms with E-state index in [0.29, 0.717) is 22.4 Å². The SMILES string of the molecule is O=C1/C(=N\NC2(C(=O)O)C=CC=C(c3ccccc3O)C2)c2ccccc2N1c1cccs1. The highest BCUT2D eigenvalue weighted by Crippen LogP contribution is 2.38. The van der Waals surface area contributed by atoms with Gasteiger partial charge in [-0.2, -0.15) is 5.10 Å². The first-order valence-electron chi connectivity index (χ1n) is 10.2. The number of thiophene rings is 1. The molecule has 1 unspecified atom stereocenters. The molecule has 33 heavy (non-hydrogen) atoms. The number of fused-ring (bicyclic) bond motifs is 1. The van der Waals surface area contributed by atoms with Crippen LogP contribution >= 0.6 is 11.3 Å². The molecule has 5 rings (SSSR count). The normalized spacial score (nSPS) is 20.6. The number of anilines is 2. The summed E-state index contributed by atoms with van der Waals surface area (Å²) < 4.78 is 0. The summed E-state index contributed by atoms with van der Waals surface area (Å²) in [5.74, 6) is -1.41. The van der Waals surface area contributed by atoms with Crippen molar-refractivity contribution in [3.63, 3.8) is 0 Å². The summed E-state index contributed by atoms with van der Waals surface area (Å²) in [6.07, 6.45) is 4.93. The Morgan fingerprint density at radius 3 is 2.55 bits per heavy atom. The molecule has 2 aromatic carbocycles. The Morgan fingerprint density at radius 2 is 1.82 bits per heavy atom. The molecule has 1 aromatic heterocycles. The number of benzene rings is 2. The molecule has 0 fully saturated rings. The third-order valence-electron chi connectivity index (χ3n) is 5.68. The summed E-state index contributed by atoms with van der Waals surface area (Å²) in [5, 5.41) is 27.3. The van der Waals surface area contributed by atoms with Gasteiger partial charge in [0.1, 0.15) is 10.8 Å². The van der Waals surface area contributed by atoms with Crippen molar-refractivity contribution in [1.82, 2.24) is 5.43 Å². The van der Waals surface area contributed by atoms with Crippen LogP contribution in [0.1, 0.15) is 17.5 Å². The molecule has 164 valence electrons. The minimum absolute atomic E-state index is 0.0393. The Kier molecular flexibility index (Phi) is 5.07. The number of hydrogen-bond acceptors (Lipinski definition) is 6. The van der Waals surface area contributed by atoms with Crippen LogP contribution in [0.3, 0.4) is 0 Å². The van der Waals surface area contributed by atoms with Crippen LogP contribution < -0.4 is 10.3 Å². The molecule has 3 N–H and O–H groups in total. The number of hydrogen-bond donors (Lipinski definition) is 3. The monoisotopic (exact) mass is 457 g/mol. The highest BCUT2D eigenvalue weighted by molar-refractivity contribution is 7.14. The lowest BCUT2D eigenvalue weighted by Crippen LogP contribution is -2.49. The maximum absolute atomic E-state index is 13.3. The number of nitrogens with zero attached hydrogens (tertiary/aromatic N) is 2. The fourth-order valence-corrected chi connectivity index (χ4v) is 4.77. The number of phenols is 1. The van der Waals surface area contributed by atoms with E-state index in [1.165, 1.54) is 17.4 Å². The summed E-state index contributed by atoms with van der Waals surface area (Å²) in [6.45, 7) is 0. The minimum atomic E-state index is -1.58. The first kappa shape index (κ1) is 20.7. The van der Waals surface area contributed by atoms with Crippen molar-refractivity contribution in [2.24, 2.45) is 5.10 Å². The smallest absolute Gasteiger partial charge is 0.335 e. The van der Waals surface area contributed by atoms with Crippen LogP contribution in [0.2, 0.25) is 0 Å². The Bertz CT molecular complexity index is 1340. The Morgan fingerprint density at radius 1 is 1.06 bits per heavy atom. The largest absolute Gasteiger partial charge is 0.507 e. The van der Waals surface area contributed by atoms with Crippen LogP contribution in [0.25, 0.3) is 5.57 Å². The number of aliphatic carboxylic acids is 1. The fraction of sp³-hybridized carbons (Fsp3) is 0.0800. The number of rotatable bonds is 5. The number of carbonyl (C=O) groups is 2. The summed E-state index contributed by atoms with van der Waals surface area (Å²) in [4.78, 5) is 27.2. The zero-order chi connectivity index (χ0) is 23.0. The first-order chi connectivity index (χ1) is 16.0. The maximum Gasteiger partial charge on any atom is 0.335 e. The van der Waals surface area contributed by atoms with Crippen LogP contribution in [0.4, 0.5) is 10.7 Å². The predicted octanol–water partition coefficient (Wildman–Crippen LogP) is 4.29. The van der Waals surface area contributed by atoms with E-state index in [4.69, 9.17) is 0 Å². The van der Waals surface area contributed by atoms with Crippen molar-refractivity contribution in [1.29, 1.82) is 0 Å². The van der Waals surface area contributed by atoms with Gasteiger partial charge in [-0.15, -0.1) is 11.3 Å². The summed E-state index contributed by atoms with van der Waals surface area (Å²) in [7, 11) is 0. The van der Waals surface area contributed by atoms with Gasteiger partial charge in [-0.25, -0.2) is 4.79 Å². The van der Waals surface area contributed by atoms with Gasteiger partial charge in [0.15, 0.2) is 11.3 Å². The molecular weight excluding hydrogens is 438 g/mol. The number of carboxylic acids is 1. The molecule has 0 spiro atoms. The van der Waals surface area contributed by atoms with Crippen molar-refractivity contribution in [3.05, 3.63) is 95.4 Å². The maximum atomic E-state index is 13.3. The van der Waals surface area contributed by atoms with Crippen molar-refractivity contribution < 1.29 is 19.8 Å². The molecule has 0 radical (unpaired) electrons. The number of nitrogens with one attached hydrogen (secondary N) is 1. The molecule has 1 aliphatic heterocycles. The van der Waals surface area contributed by atoms with E-state index in [1.807, 2.05) is 35.7 Å². The molecule has 2 heterocycles. The van der Waals surface area contributed by atoms with E-state index in [2.05, 4.69) is 10.5 Å². The molecule has 0 saturated heterocycles. The molecule has 0 saturated carbocycles. The second-order valence-corrected chi connectivity index (χ2v) is 8.63. The lowest BCUT2D eigenvalue weighted by molar-refractivity contribution is -0.142. The van der Waals surface area contributed by atoms with Crippen molar-refractivity contribution in [2.75, 3.05) is 4.90 Å². The van der Waals surface area contributed by atoms with E-state index < -0.39 is 11.5 Å². The number of carbonyl (C=O) groups excluding carboxylic acids is 1. The van der Waals surface area contributed by atoms with E-state index >= 15 is 0 Å². The minimum Gasteiger partial charge on any atom is -0.507 e. The van der Waals surface area contributed by atoms with Gasteiger partial charge in [0, 0.05) is 17.5 Å². The first-order valence-corrected chi connectivity index (χ1v) is 11.1. The second-order valence-electron chi connectivity index (χ2n) is 7.70. The van der Waals surface area contributed by atoms with Gasteiger partial charge in [-0.1, -0.05) is 48.6 Å². The quantitative estimate of drug-likeness (QED) is 0.496. The van der Waals surface area contributed by atoms with Crippen LogP contribution in [0.5, 0.6) is 5.75 Å². The zero-order valence-electron chi connectivity index (χ0n) is 17.3. The molecule has 1 amide bonds. The van der Waals surface area contributed by atoms with Gasteiger partial charge in [0.2, 0.25) is 0 Å². The lowest BCUT2D eigenvalue weighted by atomic mass is 9.84. The summed E-state index contributed by atoms with van der Waals surface area (Å²) in [6, 6.07) is 17.8. The van der Waals surface area contributed by atoms with Crippen molar-refractivity contribution >= 4 is 45.2 Å². The highest BCUT2D eigenvalue weighted by atomic mass is 32.1. The standard InChI is InChI=1S/C25H19N3O4S/c29-20-11-4-2-8-17(20)16-7-5-13-25(15-16,24(31)32)27-26-22-18-9-1-3-10-19(18)28(23(22)30)21-12-6-14-33-21/h1-14,27,29H,15H2,(H,31,32)/b26-22-. The number of allylic oxidation sites excluding steroid dienone is 2. The fourth-order valence-electron chi connectivity index (χ4n) is 4.03. The topological polar surface area (TPSA) is 102 Å². The molecule has 2 aliphatic rings. The lowest BCUT2D eigenvalue weighted by Gasteiger charge is -2.29. The van der Waals surface area contributed by atoms with Gasteiger partial charge in [-0.3, -0.25) is 15.1 Å². The molecule has 1 atom stereocenters. The number of hydrazone groups is 1. The van der Waals surface area contributed by atoms with Gasteiger partial charge in [-0.05, 0) is 41.3 Å². The van der Waals surface area contributed by atoms with Crippen LogP contribution in [0, 0.1) is 0 Å². The summed E-state index contributed by atoms with van der Waals surface area (Å²) >= 11 is 1.43. The van der Waals surface area contributed by atoms with Crippen LogP contribution in [0.15, 0.2) is 89.4 Å². The number of amides is 1. The molecule has 7 nitrogen and oxygen atoms in total. The molecule has 1 aliphatic carbocycles. The van der Waals surface area contributed by atoms with Crippen molar-refractivity contribution in [2.45, 2.75) is 12.0 Å². The summed E-state index contributed by atoms with van der Waals surface area (Å²) in [5.41, 5.74) is 3.85. The molecule has 3 aromatic rings. The number of carboxylic acid groups (broad SMARTS) is 1. The third-order valence-corrected chi connectivity index (χ3v) is 6.53. The average molecular weight is 458 g/mol. The van der Waals surface area contributed by atoms with Crippen LogP contribution in [-0.2, 0) is 9.59 Å². The average Bonchev–Trinajstić information content (AvgIpc) is 3.44. The second kappa shape index (κ2) is 8.07. The highest BCUT2D eigenvalue weighted by Gasteiger charge is 2.41. The van der Waals surface area contributed by atoms with Crippen LogP contribution in [-0.4, -0.2) is 33.3 Å². The van der Waals surface area contributed by atoms with E-state index in [1.54, 1.807) is 47.4 Å². The number of phenolic OH excluding ortho intramolecular Hbond substituents is 1. The third kappa shape index (κ3) is 3.50. The molecule has 8 heteroatoms. The van der Waals surface area contributed by atoms with E-state index in [9.17, 15) is 19.8 Å². The van der Waals surface area contributed by atoms with Gasteiger partial charge in [0.05, 0.1) is 5.69 Å². The Hall–Kier alpha value is -4.17. The van der Waals surface area contributed by atoms with Gasteiger partial charge >= 0.3 is 5.97 Å². The predicted molar refractivity (Wildman–Crippen MR) is 128 cm³/mol. The molecular formula is C25H19N3O4S. The Balaban J connectivity index is 1.50. The number of para-hydroxylation sites is 2. The van der Waals surface area contributed by atoms with E-state index in [-0.39, 0.29) is 23.8 Å². The number of aromatic hydroxyl groups is 1. The van der Waals surface area contributed by atoms with Gasteiger partial charge in [0.25, 0.3) is 5.91 Å². The Labute approximate surface area is 193 Å². The zero-order valence-corrected chi connectivity index (χ0v) is 18.1. The van der Waals surface area contributed by atoms with Crippen molar-refractivity contribution in [3.8, 4) is 5.75 Å². The molecule has 0 bridgehead atoms.